The topological polar surface area (TPSA) is 92.9 Å². The number of hydrogen-bond acceptors (Lipinski definition) is 5. The van der Waals surface area contributed by atoms with Gasteiger partial charge in [0, 0.05) is 11.9 Å². The van der Waals surface area contributed by atoms with E-state index in [9.17, 15) is 9.18 Å². The van der Waals surface area contributed by atoms with Crippen LogP contribution in [-0.2, 0) is 0 Å². The van der Waals surface area contributed by atoms with E-state index >= 15 is 0 Å². The number of nitrogens with two attached hydrogens (primary N) is 1. The summed E-state index contributed by atoms with van der Waals surface area (Å²) >= 11 is 0. The van der Waals surface area contributed by atoms with Gasteiger partial charge < -0.3 is 10.7 Å². The number of aryl methyl sites for hydroxylation is 1. The lowest BCUT2D eigenvalue weighted by Gasteiger charge is -2.09. The maximum atomic E-state index is 12.7. The number of nitrogens with zero attached hydrogens (tertiary/aromatic N) is 2. The molecule has 7 heteroatoms. The van der Waals surface area contributed by atoms with Crippen molar-refractivity contribution in [3.63, 3.8) is 0 Å². The molecule has 0 aliphatic rings. The van der Waals surface area contributed by atoms with Crippen LogP contribution in [0.2, 0.25) is 0 Å². The molecule has 6 nitrogen and oxygen atoms in total. The molecule has 0 saturated carbocycles. The van der Waals surface area contributed by atoms with E-state index in [2.05, 4.69) is 20.7 Å². The highest BCUT2D eigenvalue weighted by atomic mass is 19.1. The van der Waals surface area contributed by atoms with Crippen LogP contribution in [0.5, 0.6) is 0 Å². The summed E-state index contributed by atoms with van der Waals surface area (Å²) in [6.45, 7) is 1.78. The maximum Gasteiger partial charge on any atom is 0.260 e. The lowest BCUT2D eigenvalue weighted by molar-refractivity contribution is 0.102. The molecule has 0 saturated heterocycles. The summed E-state index contributed by atoms with van der Waals surface area (Å²) in [7, 11) is 0. The fourth-order valence-electron chi connectivity index (χ4n) is 1.49. The Hall–Kier alpha value is -2.54. The number of halogens is 1. The van der Waals surface area contributed by atoms with Crippen LogP contribution in [-0.4, -0.2) is 15.9 Å². The van der Waals surface area contributed by atoms with Gasteiger partial charge in [-0.1, -0.05) is 0 Å². The molecule has 2 aromatic rings. The van der Waals surface area contributed by atoms with Gasteiger partial charge in [-0.3, -0.25) is 15.6 Å². The van der Waals surface area contributed by atoms with Crippen molar-refractivity contribution in [1.82, 2.24) is 9.97 Å². The fourth-order valence-corrected chi connectivity index (χ4v) is 1.49. The van der Waals surface area contributed by atoms with Gasteiger partial charge in [-0.15, -0.1) is 0 Å². The third-order valence-electron chi connectivity index (χ3n) is 2.41. The lowest BCUT2D eigenvalue weighted by Crippen LogP contribution is -2.18. The minimum absolute atomic E-state index is 0.245. The summed E-state index contributed by atoms with van der Waals surface area (Å²) in [6, 6.07) is 4.22. The average molecular weight is 261 g/mol. The molecule has 4 N–H and O–H groups in total. The quantitative estimate of drug-likeness (QED) is 0.574. The van der Waals surface area contributed by atoms with Gasteiger partial charge in [-0.25, -0.2) is 9.37 Å². The molecule has 1 amide bonds. The largest absolute Gasteiger partial charge is 0.323 e. The molecular formula is C12H12FN5O. The molecule has 2 heterocycles. The van der Waals surface area contributed by atoms with Gasteiger partial charge in [0.25, 0.3) is 5.91 Å². The lowest BCUT2D eigenvalue weighted by atomic mass is 10.2. The fraction of sp³-hybridized carbons (Fsp3) is 0.0833. The molecule has 0 bridgehead atoms. The van der Waals surface area contributed by atoms with Crippen LogP contribution in [0.15, 0.2) is 30.6 Å². The van der Waals surface area contributed by atoms with Gasteiger partial charge >= 0.3 is 0 Å². The van der Waals surface area contributed by atoms with Crippen molar-refractivity contribution in [1.29, 1.82) is 0 Å². The summed E-state index contributed by atoms with van der Waals surface area (Å²) in [5.74, 6) is 4.69. The number of amides is 1. The summed E-state index contributed by atoms with van der Waals surface area (Å²) in [6.07, 6.45) is 2.43. The van der Waals surface area contributed by atoms with Crippen LogP contribution in [0, 0.1) is 12.7 Å². The van der Waals surface area contributed by atoms with E-state index in [1.807, 2.05) is 0 Å². The van der Waals surface area contributed by atoms with Crippen molar-refractivity contribution < 1.29 is 9.18 Å². The zero-order valence-corrected chi connectivity index (χ0v) is 10.1. The monoisotopic (exact) mass is 261 g/mol. The SMILES string of the molecule is Cc1cc(NN)c(C(=O)Nc2ccc(F)cn2)cn1. The van der Waals surface area contributed by atoms with Gasteiger partial charge in [-0.2, -0.15) is 0 Å². The minimum atomic E-state index is -0.473. The first-order valence-electron chi connectivity index (χ1n) is 5.46. The number of pyridine rings is 2. The van der Waals surface area contributed by atoms with Crippen LogP contribution < -0.4 is 16.6 Å². The normalized spacial score (nSPS) is 10.1. The highest BCUT2D eigenvalue weighted by molar-refractivity contribution is 6.07. The Balaban J connectivity index is 2.22. The van der Waals surface area contributed by atoms with E-state index in [4.69, 9.17) is 5.84 Å². The molecule has 98 valence electrons. The Bertz CT molecular complexity index is 600. The number of aromatic nitrogens is 2. The molecule has 0 unspecified atom stereocenters. The zero-order valence-electron chi connectivity index (χ0n) is 10.1. The maximum absolute atomic E-state index is 12.7. The first-order chi connectivity index (χ1) is 9.10. The third kappa shape index (κ3) is 3.02. The number of nitrogens with one attached hydrogen (secondary N) is 2. The second kappa shape index (κ2) is 5.40. The Morgan fingerprint density at radius 2 is 2.11 bits per heavy atom. The van der Waals surface area contributed by atoms with Gasteiger partial charge in [0.1, 0.15) is 11.6 Å². The zero-order chi connectivity index (χ0) is 13.8. The highest BCUT2D eigenvalue weighted by Gasteiger charge is 2.12. The highest BCUT2D eigenvalue weighted by Crippen LogP contribution is 2.16. The van der Waals surface area contributed by atoms with Crippen molar-refractivity contribution in [2.75, 3.05) is 10.7 Å². The minimum Gasteiger partial charge on any atom is -0.323 e. The molecule has 19 heavy (non-hydrogen) atoms. The van der Waals surface area contributed by atoms with Crippen molar-refractivity contribution in [3.8, 4) is 0 Å². The molecule has 0 aliphatic heterocycles. The van der Waals surface area contributed by atoms with Gasteiger partial charge in [0.05, 0.1) is 17.4 Å². The first kappa shape index (κ1) is 12.9. The number of hydrogen-bond donors (Lipinski definition) is 3. The molecule has 0 fully saturated rings. The summed E-state index contributed by atoms with van der Waals surface area (Å²) in [5, 5.41) is 2.53. The van der Waals surface area contributed by atoms with Crippen molar-refractivity contribution in [2.24, 2.45) is 5.84 Å². The first-order valence-corrected chi connectivity index (χ1v) is 5.46. The average Bonchev–Trinajstić information content (AvgIpc) is 2.41. The third-order valence-corrected chi connectivity index (χ3v) is 2.41. The van der Waals surface area contributed by atoms with Crippen LogP contribution in [0.1, 0.15) is 16.1 Å². The van der Waals surface area contributed by atoms with Crippen LogP contribution >= 0.6 is 0 Å². The second-order valence-electron chi connectivity index (χ2n) is 3.83. The Morgan fingerprint density at radius 3 is 2.74 bits per heavy atom. The van der Waals surface area contributed by atoms with Crippen molar-refractivity contribution in [2.45, 2.75) is 6.92 Å². The molecule has 0 atom stereocenters. The smallest absolute Gasteiger partial charge is 0.260 e. The molecule has 0 radical (unpaired) electrons. The van der Waals surface area contributed by atoms with E-state index in [0.717, 1.165) is 11.9 Å². The molecule has 2 aromatic heterocycles. The van der Waals surface area contributed by atoms with Gasteiger partial charge in [0.15, 0.2) is 0 Å². The predicted octanol–water partition coefficient (Wildman–Crippen LogP) is 1.46. The Morgan fingerprint density at radius 1 is 1.32 bits per heavy atom. The van der Waals surface area contributed by atoms with Crippen molar-refractivity contribution in [3.05, 3.63) is 47.7 Å². The van der Waals surface area contributed by atoms with E-state index in [1.165, 1.54) is 18.3 Å². The Labute approximate surface area is 108 Å². The molecule has 0 aliphatic carbocycles. The number of rotatable bonds is 3. The van der Waals surface area contributed by atoms with Gasteiger partial charge in [-0.05, 0) is 25.1 Å². The van der Waals surface area contributed by atoms with Gasteiger partial charge in [0.2, 0.25) is 0 Å². The van der Waals surface area contributed by atoms with Crippen LogP contribution in [0.25, 0.3) is 0 Å². The second-order valence-corrected chi connectivity index (χ2v) is 3.83. The summed E-state index contributed by atoms with van der Waals surface area (Å²) < 4.78 is 12.7. The standard InChI is InChI=1S/C12H12FN5O/c1-7-4-10(18-14)9(6-15-7)12(19)17-11-3-2-8(13)5-16-11/h2-6H,14H2,1H3,(H,15,18)(H,16,17,19). The molecule has 0 spiro atoms. The predicted molar refractivity (Wildman–Crippen MR) is 68.9 cm³/mol. The van der Waals surface area contributed by atoms with Crippen LogP contribution in [0.4, 0.5) is 15.9 Å². The number of carbonyl (C=O) groups excluding carboxylic acids is 1. The summed E-state index contributed by atoms with van der Waals surface area (Å²) in [5.41, 5.74) is 3.89. The van der Waals surface area contributed by atoms with Crippen molar-refractivity contribution >= 4 is 17.4 Å². The number of hydrazine groups is 1. The van der Waals surface area contributed by atoms with E-state index in [1.54, 1.807) is 13.0 Å². The number of anilines is 2. The van der Waals surface area contributed by atoms with E-state index < -0.39 is 11.7 Å². The number of nitrogen functional groups attached to an aromatic ring is 1. The Kier molecular flexibility index (Phi) is 3.67. The molecule has 0 aromatic carbocycles. The van der Waals surface area contributed by atoms with Crippen LogP contribution in [0.3, 0.4) is 0 Å². The molecular weight excluding hydrogens is 249 g/mol. The van der Waals surface area contributed by atoms with E-state index in [-0.39, 0.29) is 11.4 Å². The summed E-state index contributed by atoms with van der Waals surface area (Å²) in [4.78, 5) is 19.8. The van der Waals surface area contributed by atoms with E-state index in [0.29, 0.717) is 5.69 Å². The molecule has 2 rings (SSSR count). The number of carbonyl (C=O) groups is 1.